The van der Waals surface area contributed by atoms with Gasteiger partial charge in [0.15, 0.2) is 0 Å². The molecule has 0 aliphatic rings. The SMILES string of the molecule is C=CC(c1ccc(C(=O)O)cc1)c1ccc(C(F)(F)F)cc1. The van der Waals surface area contributed by atoms with Crippen LogP contribution in [0.1, 0.15) is 33.0 Å². The van der Waals surface area contributed by atoms with Gasteiger partial charge in [0.05, 0.1) is 11.1 Å². The van der Waals surface area contributed by atoms with Gasteiger partial charge in [0.2, 0.25) is 0 Å². The molecule has 0 spiro atoms. The molecule has 0 aliphatic carbocycles. The predicted octanol–water partition coefficient (Wildman–Crippen LogP) is 4.72. The molecule has 1 N–H and O–H groups in total. The summed E-state index contributed by atoms with van der Waals surface area (Å²) in [6, 6.07) is 11.0. The Morgan fingerprint density at radius 2 is 1.45 bits per heavy atom. The number of benzene rings is 2. The van der Waals surface area contributed by atoms with Gasteiger partial charge in [-0.25, -0.2) is 4.79 Å². The molecule has 2 aromatic rings. The fourth-order valence-electron chi connectivity index (χ4n) is 2.18. The number of carboxylic acids is 1. The summed E-state index contributed by atoms with van der Waals surface area (Å²) in [6.45, 7) is 3.70. The van der Waals surface area contributed by atoms with Crippen LogP contribution in [0.5, 0.6) is 0 Å². The molecule has 1 unspecified atom stereocenters. The number of rotatable bonds is 4. The van der Waals surface area contributed by atoms with E-state index in [0.29, 0.717) is 5.56 Å². The largest absolute Gasteiger partial charge is 0.478 e. The summed E-state index contributed by atoms with van der Waals surface area (Å²) in [5.74, 6) is -1.33. The monoisotopic (exact) mass is 306 g/mol. The van der Waals surface area contributed by atoms with Gasteiger partial charge in [-0.2, -0.15) is 13.2 Å². The Kier molecular flexibility index (Phi) is 4.35. The van der Waals surface area contributed by atoms with Crippen molar-refractivity contribution in [3.05, 3.63) is 83.4 Å². The van der Waals surface area contributed by atoms with E-state index in [0.717, 1.165) is 17.7 Å². The smallest absolute Gasteiger partial charge is 0.416 e. The van der Waals surface area contributed by atoms with E-state index < -0.39 is 17.7 Å². The zero-order valence-electron chi connectivity index (χ0n) is 11.5. The van der Waals surface area contributed by atoms with Gasteiger partial charge in [0, 0.05) is 5.92 Å². The normalized spacial score (nSPS) is 12.7. The van der Waals surface area contributed by atoms with Crippen LogP contribution in [-0.2, 0) is 6.18 Å². The van der Waals surface area contributed by atoms with E-state index in [1.807, 2.05) is 0 Å². The average Bonchev–Trinajstić information content (AvgIpc) is 2.48. The topological polar surface area (TPSA) is 37.3 Å². The third-order valence-electron chi connectivity index (χ3n) is 3.35. The van der Waals surface area contributed by atoms with E-state index in [-0.39, 0.29) is 11.5 Å². The van der Waals surface area contributed by atoms with Crippen molar-refractivity contribution in [3.8, 4) is 0 Å². The van der Waals surface area contributed by atoms with Crippen LogP contribution in [0, 0.1) is 0 Å². The highest BCUT2D eigenvalue weighted by Gasteiger charge is 2.30. The van der Waals surface area contributed by atoms with Crippen LogP contribution in [0.3, 0.4) is 0 Å². The van der Waals surface area contributed by atoms with E-state index in [9.17, 15) is 18.0 Å². The second kappa shape index (κ2) is 6.05. The summed E-state index contributed by atoms with van der Waals surface area (Å²) in [6.07, 6.45) is -2.76. The van der Waals surface area contributed by atoms with Crippen LogP contribution < -0.4 is 0 Å². The molecule has 0 amide bonds. The molecule has 0 aliphatic heterocycles. The van der Waals surface area contributed by atoms with Crippen molar-refractivity contribution in [2.45, 2.75) is 12.1 Å². The molecule has 114 valence electrons. The predicted molar refractivity (Wildman–Crippen MR) is 76.9 cm³/mol. The molecular formula is C17H13F3O2. The molecule has 0 fully saturated rings. The quantitative estimate of drug-likeness (QED) is 0.830. The number of alkyl halides is 3. The summed E-state index contributed by atoms with van der Waals surface area (Å²) in [7, 11) is 0. The lowest BCUT2D eigenvalue weighted by Crippen LogP contribution is -2.05. The van der Waals surface area contributed by atoms with Gasteiger partial charge in [-0.1, -0.05) is 30.3 Å². The number of carboxylic acid groups (broad SMARTS) is 1. The molecule has 5 heteroatoms. The maximum atomic E-state index is 12.6. The number of hydrogen-bond acceptors (Lipinski definition) is 1. The van der Waals surface area contributed by atoms with Crippen molar-refractivity contribution in [3.63, 3.8) is 0 Å². The molecule has 2 nitrogen and oxygen atoms in total. The van der Waals surface area contributed by atoms with Crippen molar-refractivity contribution in [1.82, 2.24) is 0 Å². The number of hydrogen-bond donors (Lipinski definition) is 1. The number of halogens is 3. The van der Waals surface area contributed by atoms with Gasteiger partial charge < -0.3 is 5.11 Å². The summed E-state index contributed by atoms with van der Waals surface area (Å²) >= 11 is 0. The molecule has 0 saturated carbocycles. The first kappa shape index (κ1) is 15.8. The van der Waals surface area contributed by atoms with E-state index >= 15 is 0 Å². The van der Waals surface area contributed by atoms with Crippen LogP contribution >= 0.6 is 0 Å². The standard InChI is InChI=1S/C17H13F3O2/c1-2-15(11-3-5-13(6-4-11)16(21)22)12-7-9-14(10-8-12)17(18,19)20/h2-10,15H,1H2,(H,21,22). The first-order chi connectivity index (χ1) is 10.3. The second-order valence-corrected chi connectivity index (χ2v) is 4.76. The molecule has 0 saturated heterocycles. The van der Waals surface area contributed by atoms with Crippen molar-refractivity contribution < 1.29 is 23.1 Å². The molecule has 0 bridgehead atoms. The number of aromatic carboxylic acids is 1. The van der Waals surface area contributed by atoms with E-state index in [4.69, 9.17) is 5.11 Å². The Morgan fingerprint density at radius 3 is 1.82 bits per heavy atom. The van der Waals surface area contributed by atoms with Gasteiger partial charge >= 0.3 is 12.1 Å². The summed E-state index contributed by atoms with van der Waals surface area (Å²) in [5, 5.41) is 8.87. The highest BCUT2D eigenvalue weighted by molar-refractivity contribution is 5.87. The van der Waals surface area contributed by atoms with Crippen LogP contribution in [0.2, 0.25) is 0 Å². The molecule has 0 aromatic heterocycles. The number of allylic oxidation sites excluding steroid dienone is 1. The lowest BCUT2D eigenvalue weighted by Gasteiger charge is -2.15. The third kappa shape index (κ3) is 3.36. The van der Waals surface area contributed by atoms with Crippen molar-refractivity contribution in [2.75, 3.05) is 0 Å². The minimum absolute atomic E-state index is 0.152. The van der Waals surface area contributed by atoms with Crippen molar-refractivity contribution >= 4 is 5.97 Å². The summed E-state index contributed by atoms with van der Waals surface area (Å²) in [5.41, 5.74) is 0.866. The maximum Gasteiger partial charge on any atom is 0.416 e. The Morgan fingerprint density at radius 1 is 1.00 bits per heavy atom. The maximum absolute atomic E-state index is 12.6. The van der Waals surface area contributed by atoms with E-state index in [2.05, 4.69) is 6.58 Å². The fraction of sp³-hybridized carbons (Fsp3) is 0.118. The average molecular weight is 306 g/mol. The van der Waals surface area contributed by atoms with Crippen LogP contribution in [0.15, 0.2) is 61.2 Å². The first-order valence-corrected chi connectivity index (χ1v) is 6.46. The Labute approximate surface area is 125 Å². The Bertz CT molecular complexity index is 671. The fourth-order valence-corrected chi connectivity index (χ4v) is 2.18. The zero-order valence-corrected chi connectivity index (χ0v) is 11.5. The zero-order chi connectivity index (χ0) is 16.3. The van der Waals surface area contributed by atoms with Crippen LogP contribution in [0.4, 0.5) is 13.2 Å². The van der Waals surface area contributed by atoms with Crippen molar-refractivity contribution in [1.29, 1.82) is 0 Å². The van der Waals surface area contributed by atoms with Crippen LogP contribution in [0.25, 0.3) is 0 Å². The van der Waals surface area contributed by atoms with Crippen LogP contribution in [-0.4, -0.2) is 11.1 Å². The highest BCUT2D eigenvalue weighted by atomic mass is 19.4. The van der Waals surface area contributed by atoms with Gasteiger partial charge in [-0.15, -0.1) is 6.58 Å². The van der Waals surface area contributed by atoms with Crippen molar-refractivity contribution in [2.24, 2.45) is 0 Å². The molecule has 22 heavy (non-hydrogen) atoms. The lowest BCUT2D eigenvalue weighted by molar-refractivity contribution is -0.137. The minimum atomic E-state index is -4.37. The van der Waals surface area contributed by atoms with E-state index in [1.165, 1.54) is 24.3 Å². The molecule has 2 rings (SSSR count). The minimum Gasteiger partial charge on any atom is -0.478 e. The molecular weight excluding hydrogens is 293 g/mol. The van der Waals surface area contributed by atoms with E-state index in [1.54, 1.807) is 18.2 Å². The second-order valence-electron chi connectivity index (χ2n) is 4.76. The number of carbonyl (C=O) groups is 1. The first-order valence-electron chi connectivity index (χ1n) is 6.46. The third-order valence-corrected chi connectivity index (χ3v) is 3.35. The van der Waals surface area contributed by atoms with Gasteiger partial charge in [-0.3, -0.25) is 0 Å². The Balaban J connectivity index is 2.31. The Hall–Kier alpha value is -2.56. The molecule has 0 radical (unpaired) electrons. The lowest BCUT2D eigenvalue weighted by atomic mass is 9.90. The van der Waals surface area contributed by atoms with Gasteiger partial charge in [0.25, 0.3) is 0 Å². The highest BCUT2D eigenvalue weighted by Crippen LogP contribution is 2.32. The summed E-state index contributed by atoms with van der Waals surface area (Å²) in [4.78, 5) is 10.8. The molecule has 1 atom stereocenters. The molecule has 2 aromatic carbocycles. The van der Waals surface area contributed by atoms with Gasteiger partial charge in [-0.05, 0) is 35.4 Å². The van der Waals surface area contributed by atoms with Gasteiger partial charge in [0.1, 0.15) is 0 Å². The summed E-state index contributed by atoms with van der Waals surface area (Å²) < 4.78 is 37.7. The molecule has 0 heterocycles.